The lowest BCUT2D eigenvalue weighted by Gasteiger charge is -2.31. The van der Waals surface area contributed by atoms with Crippen molar-refractivity contribution in [3.63, 3.8) is 0 Å². The number of hydrogen-bond acceptors (Lipinski definition) is 1. The molecule has 11 aromatic carbocycles. The van der Waals surface area contributed by atoms with Gasteiger partial charge in [-0.1, -0.05) is 244 Å². The first kappa shape index (κ1) is 44.5. The summed E-state index contributed by atoms with van der Waals surface area (Å²) < 4.78 is 2.45. The van der Waals surface area contributed by atoms with Gasteiger partial charge in [-0.25, -0.2) is 0 Å². The second kappa shape index (κ2) is 18.1. The highest BCUT2D eigenvalue weighted by atomic mass is 15.2. The Labute approximate surface area is 439 Å². The molecule has 1 aromatic heterocycles. The van der Waals surface area contributed by atoms with Crippen LogP contribution in [-0.2, 0) is 5.41 Å². The van der Waals surface area contributed by atoms with Gasteiger partial charge in [-0.3, -0.25) is 0 Å². The summed E-state index contributed by atoms with van der Waals surface area (Å²) in [5, 5.41) is 4.85. The predicted octanol–water partition coefficient (Wildman–Crippen LogP) is 19.4. The molecule has 0 amide bonds. The maximum absolute atomic E-state index is 2.58. The average molecular weight is 959 g/mol. The van der Waals surface area contributed by atoms with Crippen LogP contribution < -0.4 is 4.90 Å². The number of aromatic nitrogens is 1. The third kappa shape index (κ3) is 7.47. The van der Waals surface area contributed by atoms with E-state index in [0.717, 1.165) is 23.5 Å². The van der Waals surface area contributed by atoms with Crippen molar-refractivity contribution >= 4 is 32.9 Å². The van der Waals surface area contributed by atoms with Gasteiger partial charge < -0.3 is 9.47 Å². The zero-order valence-corrected chi connectivity index (χ0v) is 42.2. The lowest BCUT2D eigenvalue weighted by molar-refractivity contribution is 0.660. The molecule has 14 rings (SSSR count). The molecule has 2 heteroatoms. The van der Waals surface area contributed by atoms with E-state index in [2.05, 4.69) is 296 Å². The molecule has 12 aromatic rings. The van der Waals surface area contributed by atoms with Gasteiger partial charge in [0.1, 0.15) is 0 Å². The molecule has 0 spiro atoms. The highest BCUT2D eigenvalue weighted by molar-refractivity contribution is 6.22. The van der Waals surface area contributed by atoms with Crippen LogP contribution in [0.3, 0.4) is 0 Å². The molecule has 1 unspecified atom stereocenters. The molecule has 1 atom stereocenters. The molecule has 1 aliphatic heterocycles. The molecule has 2 aliphatic rings. The normalized spacial score (nSPS) is 14.5. The SMILES string of the molecule is CC1(C)c2ccccc2-c2ccc(-c3ccc(-c4c5ccc(N6C(c7ccccc7)=CCC6c6ccccc6)cc5c(-c5ccccc5)c5ccc(-n6c(-c7ccccc7)ccc6-c6ccccc6)cc45)cc3)cc21. The Morgan fingerprint density at radius 1 is 0.347 bits per heavy atom. The molecular formula is C73H54N2. The van der Waals surface area contributed by atoms with Crippen LogP contribution in [0.1, 0.15) is 48.6 Å². The Kier molecular flexibility index (Phi) is 10.7. The van der Waals surface area contributed by atoms with E-state index in [1.807, 2.05) is 0 Å². The van der Waals surface area contributed by atoms with E-state index in [1.165, 1.54) is 111 Å². The van der Waals surface area contributed by atoms with Crippen LogP contribution in [0.5, 0.6) is 0 Å². The predicted molar refractivity (Wildman–Crippen MR) is 316 cm³/mol. The Morgan fingerprint density at radius 2 is 0.813 bits per heavy atom. The van der Waals surface area contributed by atoms with Gasteiger partial charge in [0.2, 0.25) is 0 Å². The highest BCUT2D eigenvalue weighted by Gasteiger charge is 2.35. The maximum Gasteiger partial charge on any atom is 0.0626 e. The van der Waals surface area contributed by atoms with Gasteiger partial charge in [-0.2, -0.15) is 0 Å². The minimum atomic E-state index is -0.0783. The van der Waals surface area contributed by atoms with Crippen LogP contribution >= 0.6 is 0 Å². The van der Waals surface area contributed by atoms with E-state index in [0.29, 0.717) is 0 Å². The van der Waals surface area contributed by atoms with E-state index < -0.39 is 0 Å². The van der Waals surface area contributed by atoms with Crippen molar-refractivity contribution in [3.8, 4) is 72.7 Å². The topological polar surface area (TPSA) is 8.17 Å². The summed E-state index contributed by atoms with van der Waals surface area (Å²) in [5.41, 5.74) is 23.3. The van der Waals surface area contributed by atoms with Crippen molar-refractivity contribution < 1.29 is 0 Å². The number of anilines is 1. The molecule has 1 aliphatic carbocycles. The summed E-state index contributed by atoms with van der Waals surface area (Å²) in [4.78, 5) is 2.58. The van der Waals surface area contributed by atoms with Gasteiger partial charge in [0.05, 0.1) is 17.4 Å². The van der Waals surface area contributed by atoms with Gasteiger partial charge in [0, 0.05) is 22.5 Å². The van der Waals surface area contributed by atoms with Crippen LogP contribution in [0, 0.1) is 0 Å². The van der Waals surface area contributed by atoms with E-state index in [1.54, 1.807) is 0 Å². The molecule has 0 fully saturated rings. The number of benzene rings is 11. The lowest BCUT2D eigenvalue weighted by atomic mass is 9.81. The summed E-state index contributed by atoms with van der Waals surface area (Å²) >= 11 is 0. The third-order valence-electron chi connectivity index (χ3n) is 16.2. The van der Waals surface area contributed by atoms with E-state index >= 15 is 0 Å². The average Bonchev–Trinajstić information content (AvgIpc) is 4.21. The van der Waals surface area contributed by atoms with Crippen LogP contribution in [0.25, 0.3) is 100.0 Å². The summed E-state index contributed by atoms with van der Waals surface area (Å²) in [5.74, 6) is 0. The van der Waals surface area contributed by atoms with Crippen molar-refractivity contribution in [1.29, 1.82) is 0 Å². The molecule has 2 heterocycles. The van der Waals surface area contributed by atoms with Gasteiger partial charge in [-0.15, -0.1) is 0 Å². The van der Waals surface area contributed by atoms with Gasteiger partial charge >= 0.3 is 0 Å². The second-order valence-electron chi connectivity index (χ2n) is 20.7. The Morgan fingerprint density at radius 3 is 1.43 bits per heavy atom. The Hall–Kier alpha value is -9.24. The van der Waals surface area contributed by atoms with Crippen molar-refractivity contribution in [1.82, 2.24) is 4.57 Å². The quantitative estimate of drug-likeness (QED) is 0.131. The minimum absolute atomic E-state index is 0.0783. The van der Waals surface area contributed by atoms with E-state index in [9.17, 15) is 0 Å². The zero-order chi connectivity index (χ0) is 50.0. The van der Waals surface area contributed by atoms with Gasteiger partial charge in [0.25, 0.3) is 0 Å². The van der Waals surface area contributed by atoms with Crippen LogP contribution in [0.15, 0.2) is 273 Å². The Bertz CT molecular complexity index is 4080. The van der Waals surface area contributed by atoms with Crippen molar-refractivity contribution in [3.05, 3.63) is 295 Å². The third-order valence-corrected chi connectivity index (χ3v) is 16.2. The van der Waals surface area contributed by atoms with Crippen LogP contribution in [0.2, 0.25) is 0 Å². The van der Waals surface area contributed by atoms with E-state index in [4.69, 9.17) is 0 Å². The molecule has 2 nitrogen and oxygen atoms in total. The molecule has 0 bridgehead atoms. The molecule has 0 saturated heterocycles. The molecule has 0 radical (unpaired) electrons. The van der Waals surface area contributed by atoms with Crippen molar-refractivity contribution in [2.75, 3.05) is 4.90 Å². The van der Waals surface area contributed by atoms with Crippen molar-refractivity contribution in [2.24, 2.45) is 0 Å². The smallest absolute Gasteiger partial charge is 0.0626 e. The minimum Gasteiger partial charge on any atom is -0.333 e. The monoisotopic (exact) mass is 958 g/mol. The fourth-order valence-electron chi connectivity index (χ4n) is 12.6. The van der Waals surface area contributed by atoms with E-state index in [-0.39, 0.29) is 11.5 Å². The number of fused-ring (bicyclic) bond motifs is 5. The van der Waals surface area contributed by atoms with Gasteiger partial charge in [-0.05, 0) is 148 Å². The first-order valence-corrected chi connectivity index (χ1v) is 26.3. The number of hydrogen-bond donors (Lipinski definition) is 0. The van der Waals surface area contributed by atoms with Crippen LogP contribution in [-0.4, -0.2) is 4.57 Å². The number of rotatable bonds is 9. The zero-order valence-electron chi connectivity index (χ0n) is 42.2. The summed E-state index contributed by atoms with van der Waals surface area (Å²) in [6.07, 6.45) is 3.35. The standard InChI is InChI=1S/C73H54N2/c1-73(2)65-31-19-18-30-59(65)60-39-36-56(46-66(60)73)49-32-34-55(35-33-49)72-62-41-38-57(74-67(50-20-8-3-9-21-50)42-43-68(74)51-22-10-4-11-23-51)47-63(62)71(54-28-16-7-17-29-54)61-40-37-58(48-64(61)72)75-69(52-24-12-5-13-25-52)44-45-70(75)53-26-14-6-15-27-53/h3-42,44-48,68H,43H2,1-2H3. The van der Waals surface area contributed by atoms with Crippen LogP contribution in [0.4, 0.5) is 5.69 Å². The highest BCUT2D eigenvalue weighted by Crippen LogP contribution is 2.52. The summed E-state index contributed by atoms with van der Waals surface area (Å²) in [6, 6.07) is 99.1. The van der Waals surface area contributed by atoms with Crippen molar-refractivity contribution in [2.45, 2.75) is 31.7 Å². The molecule has 0 N–H and O–H groups in total. The molecular weight excluding hydrogens is 905 g/mol. The largest absolute Gasteiger partial charge is 0.333 e. The lowest BCUT2D eigenvalue weighted by Crippen LogP contribution is -2.22. The molecule has 356 valence electrons. The fraction of sp³-hybridized carbons (Fsp3) is 0.0685. The Balaban J connectivity index is 1.02. The van der Waals surface area contributed by atoms with Gasteiger partial charge in [0.15, 0.2) is 0 Å². The summed E-state index contributed by atoms with van der Waals surface area (Å²) in [7, 11) is 0. The fourth-order valence-corrected chi connectivity index (χ4v) is 12.6. The number of nitrogens with zero attached hydrogens (tertiary/aromatic N) is 2. The summed E-state index contributed by atoms with van der Waals surface area (Å²) in [6.45, 7) is 4.73. The molecule has 0 saturated carbocycles. The first-order valence-electron chi connectivity index (χ1n) is 26.3. The first-order chi connectivity index (χ1) is 37.0. The molecule has 75 heavy (non-hydrogen) atoms. The maximum atomic E-state index is 2.58. The second-order valence-corrected chi connectivity index (χ2v) is 20.7.